The van der Waals surface area contributed by atoms with Gasteiger partial charge in [-0.15, -0.1) is 0 Å². The first kappa shape index (κ1) is 19.1. The fourth-order valence-corrected chi connectivity index (χ4v) is 2.03. The van der Waals surface area contributed by atoms with Gasteiger partial charge < -0.3 is 26.2 Å². The van der Waals surface area contributed by atoms with Crippen molar-refractivity contribution in [2.24, 2.45) is 5.73 Å². The van der Waals surface area contributed by atoms with Crippen LogP contribution >= 0.6 is 0 Å². The number of carbonyl (C=O) groups is 2. The molecule has 1 aromatic carbocycles. The SMILES string of the molecule is CNCCCC[C@H](N)C(=O)Nc1ccc(C(O)C(=O)OC)cc1. The summed E-state index contributed by atoms with van der Waals surface area (Å²) < 4.78 is 4.47. The molecule has 0 aliphatic heterocycles. The Labute approximate surface area is 136 Å². The Kier molecular flexibility index (Phi) is 8.25. The Bertz CT molecular complexity index is 505. The second kappa shape index (κ2) is 9.94. The Balaban J connectivity index is 2.50. The molecule has 5 N–H and O–H groups in total. The molecule has 2 atom stereocenters. The van der Waals surface area contributed by atoms with Crippen molar-refractivity contribution < 1.29 is 19.4 Å². The van der Waals surface area contributed by atoms with E-state index in [-0.39, 0.29) is 5.91 Å². The number of anilines is 1. The molecule has 7 nitrogen and oxygen atoms in total. The minimum Gasteiger partial charge on any atom is -0.467 e. The molecule has 0 saturated heterocycles. The van der Waals surface area contributed by atoms with Gasteiger partial charge in [-0.1, -0.05) is 18.6 Å². The van der Waals surface area contributed by atoms with Gasteiger partial charge in [-0.25, -0.2) is 4.79 Å². The third-order valence-corrected chi connectivity index (χ3v) is 3.45. The zero-order valence-electron chi connectivity index (χ0n) is 13.5. The van der Waals surface area contributed by atoms with E-state index in [4.69, 9.17) is 5.73 Å². The zero-order chi connectivity index (χ0) is 17.2. The molecule has 7 heteroatoms. The Morgan fingerprint density at radius 2 is 1.91 bits per heavy atom. The molecule has 23 heavy (non-hydrogen) atoms. The van der Waals surface area contributed by atoms with Gasteiger partial charge in [0, 0.05) is 5.69 Å². The summed E-state index contributed by atoms with van der Waals surface area (Å²) in [4.78, 5) is 23.2. The predicted molar refractivity (Wildman–Crippen MR) is 87.8 cm³/mol. The van der Waals surface area contributed by atoms with Crippen LogP contribution < -0.4 is 16.4 Å². The number of aliphatic hydroxyl groups is 1. The van der Waals surface area contributed by atoms with E-state index in [9.17, 15) is 14.7 Å². The summed E-state index contributed by atoms with van der Waals surface area (Å²) in [5.41, 5.74) is 6.80. The van der Waals surface area contributed by atoms with Gasteiger partial charge in [0.2, 0.25) is 5.91 Å². The number of hydrogen-bond acceptors (Lipinski definition) is 6. The molecule has 0 radical (unpaired) electrons. The lowest BCUT2D eigenvalue weighted by molar-refractivity contribution is -0.150. The summed E-state index contributed by atoms with van der Waals surface area (Å²) >= 11 is 0. The van der Waals surface area contributed by atoms with Crippen LogP contribution in [0, 0.1) is 0 Å². The first-order valence-corrected chi connectivity index (χ1v) is 7.56. The standard InChI is InChI=1S/C16H25N3O4/c1-18-10-4-3-5-13(17)15(21)19-12-8-6-11(7-9-12)14(20)16(22)23-2/h6-9,13-14,18,20H,3-5,10,17H2,1-2H3,(H,19,21)/t13-,14?/m0/s1. The minimum atomic E-state index is -1.33. The van der Waals surface area contributed by atoms with E-state index in [0.717, 1.165) is 19.4 Å². The fourth-order valence-electron chi connectivity index (χ4n) is 2.03. The van der Waals surface area contributed by atoms with Gasteiger partial charge >= 0.3 is 5.97 Å². The van der Waals surface area contributed by atoms with Crippen LogP contribution in [-0.2, 0) is 14.3 Å². The molecule has 1 amide bonds. The van der Waals surface area contributed by atoms with Crippen molar-refractivity contribution >= 4 is 17.6 Å². The van der Waals surface area contributed by atoms with Crippen molar-refractivity contribution in [3.8, 4) is 0 Å². The lowest BCUT2D eigenvalue weighted by Crippen LogP contribution is -2.35. The van der Waals surface area contributed by atoms with Gasteiger partial charge in [0.15, 0.2) is 6.10 Å². The highest BCUT2D eigenvalue weighted by Gasteiger charge is 2.18. The summed E-state index contributed by atoms with van der Waals surface area (Å²) in [6.07, 6.45) is 1.13. The zero-order valence-corrected chi connectivity index (χ0v) is 13.5. The van der Waals surface area contributed by atoms with Crippen molar-refractivity contribution in [3.63, 3.8) is 0 Å². The normalized spacial score (nSPS) is 13.2. The van der Waals surface area contributed by atoms with Crippen LogP contribution in [0.4, 0.5) is 5.69 Å². The van der Waals surface area contributed by atoms with Crippen LogP contribution in [0.3, 0.4) is 0 Å². The van der Waals surface area contributed by atoms with Crippen LogP contribution in [-0.4, -0.2) is 43.7 Å². The number of methoxy groups -OCH3 is 1. The maximum atomic E-state index is 12.0. The molecule has 0 heterocycles. The minimum absolute atomic E-state index is 0.254. The molecule has 0 aliphatic carbocycles. The molecule has 0 aliphatic rings. The Hall–Kier alpha value is -1.96. The molecule has 1 rings (SSSR count). The highest BCUT2D eigenvalue weighted by molar-refractivity contribution is 5.94. The van der Waals surface area contributed by atoms with Gasteiger partial charge in [0.1, 0.15) is 0 Å². The van der Waals surface area contributed by atoms with E-state index < -0.39 is 18.1 Å². The monoisotopic (exact) mass is 323 g/mol. The van der Waals surface area contributed by atoms with E-state index in [1.54, 1.807) is 24.3 Å². The second-order valence-corrected chi connectivity index (χ2v) is 5.24. The highest BCUT2D eigenvalue weighted by Crippen LogP contribution is 2.17. The van der Waals surface area contributed by atoms with Crippen molar-refractivity contribution in [2.45, 2.75) is 31.4 Å². The molecule has 0 saturated carbocycles. The third kappa shape index (κ3) is 6.35. The smallest absolute Gasteiger partial charge is 0.339 e. The van der Waals surface area contributed by atoms with Crippen LogP contribution in [0.2, 0.25) is 0 Å². The van der Waals surface area contributed by atoms with Gasteiger partial charge in [0.05, 0.1) is 13.2 Å². The third-order valence-electron chi connectivity index (χ3n) is 3.45. The molecular weight excluding hydrogens is 298 g/mol. The van der Waals surface area contributed by atoms with Gasteiger partial charge in [-0.05, 0) is 44.1 Å². The molecule has 128 valence electrons. The predicted octanol–water partition coefficient (Wildman–Crippen LogP) is 0.549. The lowest BCUT2D eigenvalue weighted by atomic mass is 10.1. The summed E-state index contributed by atoms with van der Waals surface area (Å²) in [6.45, 7) is 0.901. The average molecular weight is 323 g/mol. The van der Waals surface area contributed by atoms with Gasteiger partial charge in [0.25, 0.3) is 0 Å². The maximum Gasteiger partial charge on any atom is 0.339 e. The maximum absolute atomic E-state index is 12.0. The van der Waals surface area contributed by atoms with E-state index in [1.165, 1.54) is 7.11 Å². The summed E-state index contributed by atoms with van der Waals surface area (Å²) in [5, 5.41) is 15.5. The molecule has 1 aromatic rings. The summed E-state index contributed by atoms with van der Waals surface area (Å²) in [6, 6.07) is 5.75. The van der Waals surface area contributed by atoms with Gasteiger partial charge in [-0.2, -0.15) is 0 Å². The second-order valence-electron chi connectivity index (χ2n) is 5.24. The first-order valence-electron chi connectivity index (χ1n) is 7.56. The topological polar surface area (TPSA) is 114 Å². The molecule has 0 fully saturated rings. The first-order chi connectivity index (χ1) is 11.0. The Morgan fingerprint density at radius 1 is 1.26 bits per heavy atom. The average Bonchev–Trinajstić information content (AvgIpc) is 2.57. The van der Waals surface area contributed by atoms with Crippen LogP contribution in [0.25, 0.3) is 0 Å². The van der Waals surface area contributed by atoms with Gasteiger partial charge in [-0.3, -0.25) is 4.79 Å². The number of esters is 1. The number of ether oxygens (including phenoxy) is 1. The van der Waals surface area contributed by atoms with E-state index >= 15 is 0 Å². The van der Waals surface area contributed by atoms with Crippen LogP contribution in [0.5, 0.6) is 0 Å². The molecule has 0 aromatic heterocycles. The largest absolute Gasteiger partial charge is 0.467 e. The number of amides is 1. The fraction of sp³-hybridized carbons (Fsp3) is 0.500. The Morgan fingerprint density at radius 3 is 2.48 bits per heavy atom. The number of carbonyl (C=O) groups excluding carboxylic acids is 2. The molecule has 0 spiro atoms. The molecule has 1 unspecified atom stereocenters. The number of hydrogen-bond donors (Lipinski definition) is 4. The quantitative estimate of drug-likeness (QED) is 0.390. The summed E-state index contributed by atoms with van der Waals surface area (Å²) in [7, 11) is 3.09. The van der Waals surface area contributed by atoms with Crippen LogP contribution in [0.1, 0.15) is 30.9 Å². The number of rotatable bonds is 9. The molecule has 0 bridgehead atoms. The number of unbranched alkanes of at least 4 members (excludes halogenated alkanes) is 1. The van der Waals surface area contributed by atoms with Crippen molar-refractivity contribution in [1.82, 2.24) is 5.32 Å². The highest BCUT2D eigenvalue weighted by atomic mass is 16.5. The van der Waals surface area contributed by atoms with E-state index in [1.807, 2.05) is 7.05 Å². The number of benzene rings is 1. The number of nitrogens with one attached hydrogen (secondary N) is 2. The van der Waals surface area contributed by atoms with Crippen molar-refractivity contribution in [1.29, 1.82) is 0 Å². The van der Waals surface area contributed by atoms with E-state index in [2.05, 4.69) is 15.4 Å². The summed E-state index contributed by atoms with van der Waals surface area (Å²) in [5.74, 6) is -0.985. The van der Waals surface area contributed by atoms with E-state index in [0.29, 0.717) is 17.7 Å². The number of nitrogens with two attached hydrogens (primary N) is 1. The van der Waals surface area contributed by atoms with Crippen molar-refractivity contribution in [3.05, 3.63) is 29.8 Å². The van der Waals surface area contributed by atoms with Crippen LogP contribution in [0.15, 0.2) is 24.3 Å². The number of aliphatic hydroxyl groups excluding tert-OH is 1. The molecular formula is C16H25N3O4. The van der Waals surface area contributed by atoms with Crippen molar-refractivity contribution in [2.75, 3.05) is 26.0 Å². The lowest BCUT2D eigenvalue weighted by Gasteiger charge is -2.13.